The van der Waals surface area contributed by atoms with Crippen LogP contribution in [0.5, 0.6) is 0 Å². The Bertz CT molecular complexity index is 1890. The zero-order valence-corrected chi connectivity index (χ0v) is 19.2. The lowest BCUT2D eigenvalue weighted by molar-refractivity contribution is 1.01. The molecule has 5 nitrogen and oxygen atoms in total. The molecule has 0 aliphatic carbocycles. The topological polar surface area (TPSA) is 48.0 Å². The first-order valence-corrected chi connectivity index (χ1v) is 12.0. The van der Waals surface area contributed by atoms with E-state index in [1.54, 1.807) is 0 Å². The van der Waals surface area contributed by atoms with Gasteiger partial charge in [0.1, 0.15) is 5.82 Å². The number of pyridine rings is 3. The van der Waals surface area contributed by atoms with Gasteiger partial charge in [-0.25, -0.2) is 9.50 Å². The minimum Gasteiger partial charge on any atom is -0.292 e. The van der Waals surface area contributed by atoms with E-state index in [9.17, 15) is 0 Å². The normalized spacial score (nSPS) is 11.9. The number of benzene rings is 3. The summed E-state index contributed by atoms with van der Waals surface area (Å²) in [5.74, 6) is 0.867. The number of rotatable bonds is 3. The van der Waals surface area contributed by atoms with Gasteiger partial charge in [-0.15, -0.1) is 0 Å². The number of nitrogens with zero attached hydrogens (tertiary/aromatic N) is 5. The minimum atomic E-state index is 0.867. The third kappa shape index (κ3) is 2.62. The highest BCUT2D eigenvalue weighted by molar-refractivity contribution is 6.26. The summed E-state index contributed by atoms with van der Waals surface area (Å²) in [6.07, 6.45) is 5.75. The van der Waals surface area contributed by atoms with Crippen molar-refractivity contribution < 1.29 is 0 Å². The zero-order chi connectivity index (χ0) is 23.6. The Labute approximate surface area is 206 Å². The molecule has 0 saturated heterocycles. The maximum Gasteiger partial charge on any atom is 0.138 e. The summed E-state index contributed by atoms with van der Waals surface area (Å²) in [4.78, 5) is 9.85. The van der Waals surface area contributed by atoms with Crippen LogP contribution in [0.3, 0.4) is 0 Å². The van der Waals surface area contributed by atoms with Gasteiger partial charge in [0, 0.05) is 27.9 Å². The first kappa shape index (κ1) is 19.3. The van der Waals surface area contributed by atoms with Crippen molar-refractivity contribution in [2.45, 2.75) is 0 Å². The molecule has 0 atom stereocenters. The molecule has 0 unspecified atom stereocenters. The Hall–Kier alpha value is -5.03. The Morgan fingerprint density at radius 3 is 2.17 bits per heavy atom. The Balaban J connectivity index is 1.52. The van der Waals surface area contributed by atoms with Crippen molar-refractivity contribution in [1.29, 1.82) is 0 Å². The van der Waals surface area contributed by atoms with Crippen LogP contribution in [-0.2, 0) is 0 Å². The molecular formula is C31H19N5. The van der Waals surface area contributed by atoms with E-state index in [1.165, 1.54) is 10.8 Å². The van der Waals surface area contributed by atoms with Crippen molar-refractivity contribution in [3.8, 4) is 28.2 Å². The molecule has 0 N–H and O–H groups in total. The van der Waals surface area contributed by atoms with Gasteiger partial charge in [-0.05, 0) is 41.5 Å². The summed E-state index contributed by atoms with van der Waals surface area (Å²) in [5, 5.41) is 8.08. The molecular weight excluding hydrogens is 442 g/mol. The molecule has 3 aromatic carbocycles. The molecule has 36 heavy (non-hydrogen) atoms. The third-order valence-corrected chi connectivity index (χ3v) is 7.04. The fourth-order valence-electron chi connectivity index (χ4n) is 5.48. The monoisotopic (exact) mass is 461 g/mol. The Morgan fingerprint density at radius 2 is 1.33 bits per heavy atom. The fraction of sp³-hybridized carbons (Fsp3) is 0. The van der Waals surface area contributed by atoms with E-state index < -0.39 is 0 Å². The molecule has 0 amide bonds. The van der Waals surface area contributed by atoms with Crippen molar-refractivity contribution in [3.63, 3.8) is 0 Å². The van der Waals surface area contributed by atoms with E-state index >= 15 is 0 Å². The Kier molecular flexibility index (Phi) is 3.88. The smallest absolute Gasteiger partial charge is 0.138 e. The lowest BCUT2D eigenvalue weighted by atomic mass is 10.0. The van der Waals surface area contributed by atoms with Gasteiger partial charge in [0.2, 0.25) is 0 Å². The number of hydrogen-bond donors (Lipinski definition) is 0. The summed E-state index contributed by atoms with van der Waals surface area (Å²) < 4.78 is 4.26. The van der Waals surface area contributed by atoms with Gasteiger partial charge >= 0.3 is 0 Å². The van der Waals surface area contributed by atoms with Crippen molar-refractivity contribution in [2.24, 2.45) is 0 Å². The van der Waals surface area contributed by atoms with Crippen LogP contribution in [0.4, 0.5) is 0 Å². The van der Waals surface area contributed by atoms with Gasteiger partial charge < -0.3 is 0 Å². The van der Waals surface area contributed by atoms with Gasteiger partial charge in [-0.3, -0.25) is 9.55 Å². The van der Waals surface area contributed by atoms with E-state index in [0.29, 0.717) is 0 Å². The van der Waals surface area contributed by atoms with Crippen LogP contribution in [0, 0.1) is 0 Å². The molecule has 0 spiro atoms. The van der Waals surface area contributed by atoms with E-state index in [4.69, 9.17) is 4.98 Å². The van der Waals surface area contributed by atoms with Gasteiger partial charge in [0.15, 0.2) is 0 Å². The molecule has 168 valence electrons. The molecule has 0 aliphatic rings. The molecule has 5 heterocycles. The van der Waals surface area contributed by atoms with Crippen LogP contribution >= 0.6 is 0 Å². The average Bonchev–Trinajstić information content (AvgIpc) is 3.58. The molecule has 0 radical (unpaired) electrons. The van der Waals surface area contributed by atoms with E-state index in [-0.39, 0.29) is 0 Å². The predicted molar refractivity (Wildman–Crippen MR) is 145 cm³/mol. The highest BCUT2D eigenvalue weighted by atomic mass is 15.2. The SMILES string of the molecule is c1ccc(-c2cc(-c3ccccc3)nc(-n3c4cncc5c4c4c3cccc4n3nccc53)c2)cc1. The highest BCUT2D eigenvalue weighted by Gasteiger charge is 2.21. The number of aromatic nitrogens is 5. The van der Waals surface area contributed by atoms with Crippen LogP contribution in [-0.4, -0.2) is 24.1 Å². The second-order valence-electron chi connectivity index (χ2n) is 9.05. The molecule has 0 bridgehead atoms. The lowest BCUT2D eigenvalue weighted by Crippen LogP contribution is -2.00. The van der Waals surface area contributed by atoms with E-state index in [1.807, 2.05) is 35.2 Å². The van der Waals surface area contributed by atoms with Gasteiger partial charge in [0.05, 0.1) is 40.2 Å². The fourth-order valence-corrected chi connectivity index (χ4v) is 5.48. The third-order valence-electron chi connectivity index (χ3n) is 7.04. The van der Waals surface area contributed by atoms with Crippen molar-refractivity contribution >= 4 is 38.2 Å². The second-order valence-corrected chi connectivity index (χ2v) is 9.05. The van der Waals surface area contributed by atoms with Crippen LogP contribution in [0.15, 0.2) is 116 Å². The first-order chi connectivity index (χ1) is 17.9. The van der Waals surface area contributed by atoms with Crippen molar-refractivity contribution in [2.75, 3.05) is 0 Å². The predicted octanol–water partition coefficient (Wildman–Crippen LogP) is 7.15. The number of fused-ring (bicyclic) bond motifs is 3. The van der Waals surface area contributed by atoms with Gasteiger partial charge in [-0.2, -0.15) is 5.10 Å². The minimum absolute atomic E-state index is 0.867. The van der Waals surface area contributed by atoms with Gasteiger partial charge in [-0.1, -0.05) is 66.7 Å². The van der Waals surface area contributed by atoms with Crippen molar-refractivity contribution in [3.05, 3.63) is 116 Å². The van der Waals surface area contributed by atoms with Crippen LogP contribution in [0.1, 0.15) is 0 Å². The molecule has 0 aliphatic heterocycles. The standard InChI is InChI=1S/C31H19N5/c1-3-8-20(9-4-1)22-16-24(21-10-5-2-6-11-21)34-29(17-22)35-26-12-7-13-27-31(26)30-23(18-32-19-28(30)35)25-14-15-33-36(25)27/h1-19H. The highest BCUT2D eigenvalue weighted by Crippen LogP contribution is 2.40. The first-order valence-electron chi connectivity index (χ1n) is 12.0. The summed E-state index contributed by atoms with van der Waals surface area (Å²) in [6, 6.07) is 33.6. The maximum absolute atomic E-state index is 5.20. The van der Waals surface area contributed by atoms with E-state index in [2.05, 4.69) is 99.6 Å². The van der Waals surface area contributed by atoms with Gasteiger partial charge in [0.25, 0.3) is 0 Å². The maximum atomic E-state index is 5.20. The molecule has 8 rings (SSSR count). The molecule has 0 fully saturated rings. The summed E-state index contributed by atoms with van der Waals surface area (Å²) in [6.45, 7) is 0. The van der Waals surface area contributed by atoms with Crippen LogP contribution in [0.2, 0.25) is 0 Å². The lowest BCUT2D eigenvalue weighted by Gasteiger charge is -2.12. The second kappa shape index (κ2) is 7.23. The zero-order valence-electron chi connectivity index (χ0n) is 19.2. The summed E-state index contributed by atoms with van der Waals surface area (Å²) in [5.41, 5.74) is 8.57. The average molecular weight is 462 g/mol. The van der Waals surface area contributed by atoms with Crippen LogP contribution < -0.4 is 0 Å². The summed E-state index contributed by atoms with van der Waals surface area (Å²) in [7, 11) is 0. The largest absolute Gasteiger partial charge is 0.292 e. The molecule has 8 aromatic rings. The molecule has 5 heteroatoms. The van der Waals surface area contributed by atoms with Crippen molar-refractivity contribution in [1.82, 2.24) is 24.1 Å². The Morgan fingerprint density at radius 1 is 0.556 bits per heavy atom. The van der Waals surface area contributed by atoms with E-state index in [0.717, 1.165) is 55.7 Å². The molecule has 0 saturated carbocycles. The van der Waals surface area contributed by atoms with Crippen LogP contribution in [0.25, 0.3) is 66.4 Å². The quantitative estimate of drug-likeness (QED) is 0.263. The number of hydrogen-bond acceptors (Lipinski definition) is 3. The summed E-state index contributed by atoms with van der Waals surface area (Å²) >= 11 is 0. The molecule has 5 aromatic heterocycles.